The number of nitrogens with one attached hydrogen (secondary N) is 2. The number of nitrogens with zero attached hydrogens (tertiary/aromatic N) is 2. The van der Waals surface area contributed by atoms with Gasteiger partial charge in [-0.25, -0.2) is 4.79 Å². The van der Waals surface area contributed by atoms with Crippen LogP contribution >= 0.6 is 0 Å². The summed E-state index contributed by atoms with van der Waals surface area (Å²) in [7, 11) is 0. The van der Waals surface area contributed by atoms with E-state index in [-0.39, 0.29) is 11.5 Å². The molecule has 1 amide bonds. The lowest BCUT2D eigenvalue weighted by Gasteiger charge is -2.18. The molecule has 29 heavy (non-hydrogen) atoms. The molecular formula is C22H24N4O3. The number of para-hydroxylation sites is 1. The van der Waals surface area contributed by atoms with Crippen molar-refractivity contribution in [2.45, 2.75) is 19.9 Å². The quantitative estimate of drug-likeness (QED) is 0.695. The Labute approximate surface area is 168 Å². The first-order valence-corrected chi connectivity index (χ1v) is 9.92. The second-order valence-corrected chi connectivity index (χ2v) is 7.39. The highest BCUT2D eigenvalue weighted by atomic mass is 16.2. The summed E-state index contributed by atoms with van der Waals surface area (Å²) in [6, 6.07) is 15.1. The molecule has 3 aromatic rings. The smallest absolute Gasteiger partial charge is 0.328 e. The highest BCUT2D eigenvalue weighted by molar-refractivity contribution is 5.97. The van der Waals surface area contributed by atoms with Crippen LogP contribution in [0.3, 0.4) is 0 Å². The predicted molar refractivity (Wildman–Crippen MR) is 114 cm³/mol. The second-order valence-electron chi connectivity index (χ2n) is 7.39. The molecule has 0 saturated carbocycles. The summed E-state index contributed by atoms with van der Waals surface area (Å²) in [5.74, 6) is 0.182. The Morgan fingerprint density at radius 3 is 2.72 bits per heavy atom. The van der Waals surface area contributed by atoms with Gasteiger partial charge in [0.05, 0.1) is 10.9 Å². The average molecular weight is 392 g/mol. The van der Waals surface area contributed by atoms with Gasteiger partial charge < -0.3 is 15.2 Å². The standard InChI is InChI=1S/C22H24N4O3/c1-2-26-21(28)18-9-8-16(12-19(18)24-22(26)29)20(27)23-13-15-10-11-25(14-15)17-6-4-3-5-7-17/h3-9,12,15H,2,10-11,13-14H2,1H3,(H,23,27)(H,24,29). The number of hydrogen-bond acceptors (Lipinski definition) is 4. The maximum atomic E-state index is 12.6. The summed E-state index contributed by atoms with van der Waals surface area (Å²) in [5.41, 5.74) is 1.21. The molecule has 4 rings (SSSR count). The van der Waals surface area contributed by atoms with Gasteiger partial charge in [0.15, 0.2) is 0 Å². The Balaban J connectivity index is 1.43. The summed E-state index contributed by atoms with van der Waals surface area (Å²) >= 11 is 0. The van der Waals surface area contributed by atoms with E-state index in [9.17, 15) is 14.4 Å². The number of amides is 1. The van der Waals surface area contributed by atoms with Crippen molar-refractivity contribution < 1.29 is 4.79 Å². The minimum absolute atomic E-state index is 0.203. The summed E-state index contributed by atoms with van der Waals surface area (Å²) < 4.78 is 1.14. The van der Waals surface area contributed by atoms with Crippen LogP contribution in [0.25, 0.3) is 10.9 Å². The van der Waals surface area contributed by atoms with Crippen LogP contribution in [0.15, 0.2) is 58.1 Å². The summed E-state index contributed by atoms with van der Waals surface area (Å²) in [4.78, 5) is 42.0. The minimum Gasteiger partial charge on any atom is -0.371 e. The van der Waals surface area contributed by atoms with Crippen LogP contribution in [-0.2, 0) is 6.54 Å². The number of fused-ring (bicyclic) bond motifs is 1. The van der Waals surface area contributed by atoms with Gasteiger partial charge in [-0.3, -0.25) is 14.2 Å². The van der Waals surface area contributed by atoms with Gasteiger partial charge >= 0.3 is 5.69 Å². The monoisotopic (exact) mass is 392 g/mol. The zero-order chi connectivity index (χ0) is 20.4. The predicted octanol–water partition coefficient (Wildman–Crippen LogP) is 1.97. The lowest BCUT2D eigenvalue weighted by molar-refractivity contribution is 0.0948. The van der Waals surface area contributed by atoms with Crippen LogP contribution in [0.4, 0.5) is 5.69 Å². The summed E-state index contributed by atoms with van der Waals surface area (Å²) in [6.45, 7) is 4.52. The second kappa shape index (κ2) is 7.95. The zero-order valence-corrected chi connectivity index (χ0v) is 16.4. The molecule has 0 bridgehead atoms. The number of benzene rings is 2. The normalized spacial score (nSPS) is 16.3. The van der Waals surface area contributed by atoms with Crippen LogP contribution in [0.1, 0.15) is 23.7 Å². The van der Waals surface area contributed by atoms with Crippen molar-refractivity contribution in [3.63, 3.8) is 0 Å². The van der Waals surface area contributed by atoms with E-state index in [0.29, 0.717) is 35.5 Å². The molecule has 7 heteroatoms. The molecule has 1 unspecified atom stereocenters. The maximum absolute atomic E-state index is 12.6. The first-order valence-electron chi connectivity index (χ1n) is 9.92. The Hall–Kier alpha value is -3.35. The molecule has 150 valence electrons. The molecule has 1 saturated heterocycles. The Kier molecular flexibility index (Phi) is 5.20. The molecule has 2 heterocycles. The Morgan fingerprint density at radius 1 is 1.17 bits per heavy atom. The largest absolute Gasteiger partial charge is 0.371 e. The van der Waals surface area contributed by atoms with Gasteiger partial charge in [0.25, 0.3) is 11.5 Å². The number of carbonyl (C=O) groups is 1. The van der Waals surface area contributed by atoms with Crippen LogP contribution < -0.4 is 21.5 Å². The topological polar surface area (TPSA) is 87.2 Å². The van der Waals surface area contributed by atoms with Crippen molar-refractivity contribution >= 4 is 22.5 Å². The zero-order valence-electron chi connectivity index (χ0n) is 16.4. The van der Waals surface area contributed by atoms with Gasteiger partial charge in [0.2, 0.25) is 0 Å². The molecule has 7 nitrogen and oxygen atoms in total. The molecule has 1 atom stereocenters. The van der Waals surface area contributed by atoms with Crippen LogP contribution in [0.5, 0.6) is 0 Å². The Morgan fingerprint density at radius 2 is 1.97 bits per heavy atom. The van der Waals surface area contributed by atoms with Gasteiger partial charge in [0.1, 0.15) is 0 Å². The van der Waals surface area contributed by atoms with Crippen LogP contribution in [0, 0.1) is 5.92 Å². The molecule has 1 aliphatic rings. The molecule has 1 fully saturated rings. The van der Waals surface area contributed by atoms with E-state index in [1.807, 2.05) is 18.2 Å². The van der Waals surface area contributed by atoms with Crippen molar-refractivity contribution in [3.05, 3.63) is 74.9 Å². The van der Waals surface area contributed by atoms with Crippen molar-refractivity contribution in [1.82, 2.24) is 14.9 Å². The lowest BCUT2D eigenvalue weighted by Crippen LogP contribution is -2.34. The fraction of sp³-hybridized carbons (Fsp3) is 0.318. The van der Waals surface area contributed by atoms with E-state index >= 15 is 0 Å². The molecule has 1 aromatic heterocycles. The van der Waals surface area contributed by atoms with Crippen LogP contribution in [0.2, 0.25) is 0 Å². The number of aromatic amines is 1. The number of aromatic nitrogens is 2. The number of hydrogen-bond donors (Lipinski definition) is 2. The molecule has 0 spiro atoms. The lowest BCUT2D eigenvalue weighted by atomic mass is 10.1. The van der Waals surface area contributed by atoms with Crippen molar-refractivity contribution in [2.24, 2.45) is 5.92 Å². The van der Waals surface area contributed by atoms with Crippen molar-refractivity contribution in [2.75, 3.05) is 24.5 Å². The van der Waals surface area contributed by atoms with Crippen molar-refractivity contribution in [3.8, 4) is 0 Å². The van der Waals surface area contributed by atoms with Gasteiger partial charge in [-0.1, -0.05) is 18.2 Å². The summed E-state index contributed by atoms with van der Waals surface area (Å²) in [5, 5.41) is 3.39. The van der Waals surface area contributed by atoms with Gasteiger partial charge in [-0.2, -0.15) is 0 Å². The van der Waals surface area contributed by atoms with Crippen molar-refractivity contribution in [1.29, 1.82) is 0 Å². The third kappa shape index (κ3) is 3.81. The molecule has 0 radical (unpaired) electrons. The van der Waals surface area contributed by atoms with E-state index in [1.165, 1.54) is 5.69 Å². The van der Waals surface area contributed by atoms with E-state index in [4.69, 9.17) is 0 Å². The highest BCUT2D eigenvalue weighted by Gasteiger charge is 2.23. The van der Waals surface area contributed by atoms with Gasteiger partial charge in [-0.05, 0) is 49.6 Å². The number of carbonyl (C=O) groups excluding carboxylic acids is 1. The van der Waals surface area contributed by atoms with Gasteiger partial charge in [-0.15, -0.1) is 0 Å². The van der Waals surface area contributed by atoms with E-state index < -0.39 is 5.69 Å². The van der Waals surface area contributed by atoms with Crippen LogP contribution in [-0.4, -0.2) is 35.1 Å². The third-order valence-electron chi connectivity index (χ3n) is 5.52. The highest BCUT2D eigenvalue weighted by Crippen LogP contribution is 2.23. The number of rotatable bonds is 5. The van der Waals surface area contributed by atoms with E-state index in [0.717, 1.165) is 24.1 Å². The van der Waals surface area contributed by atoms with E-state index in [1.54, 1.807) is 25.1 Å². The molecule has 2 aromatic carbocycles. The van der Waals surface area contributed by atoms with Gasteiger partial charge in [0, 0.05) is 37.4 Å². The summed E-state index contributed by atoms with van der Waals surface area (Å²) in [6.07, 6.45) is 1.02. The maximum Gasteiger partial charge on any atom is 0.328 e. The molecule has 0 aliphatic carbocycles. The first kappa shape index (κ1) is 19.0. The Bertz CT molecular complexity index is 1150. The third-order valence-corrected chi connectivity index (χ3v) is 5.52. The fourth-order valence-electron chi connectivity index (χ4n) is 3.89. The molecule has 1 aliphatic heterocycles. The molecule has 2 N–H and O–H groups in total. The minimum atomic E-state index is -0.463. The SMILES string of the molecule is CCn1c(=O)[nH]c2cc(C(=O)NCC3CCN(c4ccccc4)C3)ccc2c1=O. The fourth-order valence-corrected chi connectivity index (χ4v) is 3.89. The average Bonchev–Trinajstić information content (AvgIpc) is 3.21. The van der Waals surface area contributed by atoms with E-state index in [2.05, 4.69) is 27.3 Å². The first-order chi connectivity index (χ1) is 14.1. The molecular weight excluding hydrogens is 368 g/mol. The number of H-pyrrole nitrogens is 1. The number of anilines is 1.